The normalized spacial score (nSPS) is 28.7. The van der Waals surface area contributed by atoms with Crippen molar-refractivity contribution in [2.24, 2.45) is 0 Å². The number of ether oxygens (including phenoxy) is 2. The Morgan fingerprint density at radius 3 is 2.67 bits per heavy atom. The molecule has 0 amide bonds. The molecule has 3 nitrogen and oxygen atoms in total. The molecule has 0 aromatic heterocycles. The average Bonchev–Trinajstić information content (AvgIpc) is 3.02. The smallest absolute Gasteiger partial charge is 0.0834 e. The predicted molar refractivity (Wildman–Crippen MR) is 73.9 cm³/mol. The van der Waals surface area contributed by atoms with Gasteiger partial charge in [-0.2, -0.15) is 0 Å². The molecule has 3 heteroatoms. The fraction of sp³-hybridized carbons (Fsp3) is 1.00. The van der Waals surface area contributed by atoms with Gasteiger partial charge in [-0.25, -0.2) is 0 Å². The zero-order chi connectivity index (χ0) is 12.8. The van der Waals surface area contributed by atoms with Gasteiger partial charge in [0, 0.05) is 19.3 Å². The van der Waals surface area contributed by atoms with E-state index in [9.17, 15) is 0 Å². The van der Waals surface area contributed by atoms with Gasteiger partial charge in [-0.05, 0) is 52.5 Å². The molecule has 1 heterocycles. The molecule has 0 bridgehead atoms. The zero-order valence-electron chi connectivity index (χ0n) is 12.0. The van der Waals surface area contributed by atoms with Crippen LogP contribution in [-0.2, 0) is 9.47 Å². The van der Waals surface area contributed by atoms with Crippen molar-refractivity contribution in [3.63, 3.8) is 0 Å². The maximum atomic E-state index is 6.16. The van der Waals surface area contributed by atoms with Crippen LogP contribution >= 0.6 is 0 Å². The summed E-state index contributed by atoms with van der Waals surface area (Å²) in [5, 5.41) is 3.51. The Morgan fingerprint density at radius 2 is 2.11 bits per heavy atom. The second kappa shape index (κ2) is 6.88. The first-order chi connectivity index (χ1) is 8.80. The quantitative estimate of drug-likeness (QED) is 0.759. The monoisotopic (exact) mass is 255 g/mol. The molecule has 0 radical (unpaired) electrons. The van der Waals surface area contributed by atoms with Crippen LogP contribution in [0, 0.1) is 0 Å². The van der Waals surface area contributed by atoms with E-state index in [-0.39, 0.29) is 5.60 Å². The van der Waals surface area contributed by atoms with Gasteiger partial charge in [0.05, 0.1) is 11.7 Å². The Morgan fingerprint density at radius 1 is 1.33 bits per heavy atom. The molecule has 18 heavy (non-hydrogen) atoms. The van der Waals surface area contributed by atoms with Gasteiger partial charge in [0.2, 0.25) is 0 Å². The lowest BCUT2D eigenvalue weighted by Crippen LogP contribution is -2.50. The maximum absolute atomic E-state index is 6.16. The largest absolute Gasteiger partial charge is 0.378 e. The third-order valence-electron chi connectivity index (χ3n) is 4.67. The number of nitrogens with one attached hydrogen (secondary N) is 1. The first-order valence-corrected chi connectivity index (χ1v) is 7.73. The van der Waals surface area contributed by atoms with E-state index in [0.29, 0.717) is 12.1 Å². The lowest BCUT2D eigenvalue weighted by atomic mass is 9.87. The molecule has 106 valence electrons. The summed E-state index contributed by atoms with van der Waals surface area (Å²) in [4.78, 5) is 0. The summed E-state index contributed by atoms with van der Waals surface area (Å²) in [6.45, 7) is 3.91. The van der Waals surface area contributed by atoms with Gasteiger partial charge in [-0.3, -0.25) is 0 Å². The van der Waals surface area contributed by atoms with Crippen molar-refractivity contribution in [3.8, 4) is 0 Å². The summed E-state index contributed by atoms with van der Waals surface area (Å²) in [6, 6.07) is 0.490. The van der Waals surface area contributed by atoms with Gasteiger partial charge < -0.3 is 14.8 Å². The van der Waals surface area contributed by atoms with Crippen molar-refractivity contribution in [3.05, 3.63) is 0 Å². The molecule has 1 N–H and O–H groups in total. The molecule has 2 atom stereocenters. The minimum atomic E-state index is 0.0993. The van der Waals surface area contributed by atoms with Gasteiger partial charge in [-0.1, -0.05) is 12.8 Å². The zero-order valence-corrected chi connectivity index (χ0v) is 12.0. The van der Waals surface area contributed by atoms with Crippen molar-refractivity contribution < 1.29 is 9.47 Å². The first kappa shape index (κ1) is 14.3. The van der Waals surface area contributed by atoms with Crippen molar-refractivity contribution in [1.82, 2.24) is 5.32 Å². The van der Waals surface area contributed by atoms with Crippen LogP contribution in [0.2, 0.25) is 0 Å². The van der Waals surface area contributed by atoms with Gasteiger partial charge in [-0.15, -0.1) is 0 Å². The van der Waals surface area contributed by atoms with E-state index in [4.69, 9.17) is 9.47 Å². The summed E-state index contributed by atoms with van der Waals surface area (Å²) in [5.41, 5.74) is 0.0993. The maximum Gasteiger partial charge on any atom is 0.0834 e. The molecular weight excluding hydrogens is 226 g/mol. The SMILES string of the molecule is CCOC1(C(CCC2CCCO2)NC)CCCC1. The molecule has 1 saturated heterocycles. The summed E-state index contributed by atoms with van der Waals surface area (Å²) in [6.07, 6.45) is 10.4. The lowest BCUT2D eigenvalue weighted by molar-refractivity contribution is -0.0640. The molecule has 0 aromatic rings. The van der Waals surface area contributed by atoms with Crippen LogP contribution in [0.1, 0.15) is 58.3 Å². The molecule has 2 unspecified atom stereocenters. The second-order valence-electron chi connectivity index (χ2n) is 5.76. The fourth-order valence-electron chi connectivity index (χ4n) is 3.75. The average molecular weight is 255 g/mol. The van der Waals surface area contributed by atoms with Crippen molar-refractivity contribution in [1.29, 1.82) is 0 Å². The summed E-state index contributed by atoms with van der Waals surface area (Å²) in [7, 11) is 2.08. The highest BCUT2D eigenvalue weighted by atomic mass is 16.5. The third kappa shape index (κ3) is 3.25. The van der Waals surface area contributed by atoms with Gasteiger partial charge in [0.25, 0.3) is 0 Å². The third-order valence-corrected chi connectivity index (χ3v) is 4.67. The highest BCUT2D eigenvalue weighted by Gasteiger charge is 2.41. The molecule has 2 aliphatic rings. The molecule has 2 fully saturated rings. The van der Waals surface area contributed by atoms with Crippen LogP contribution in [0.25, 0.3) is 0 Å². The van der Waals surface area contributed by atoms with E-state index in [1.165, 1.54) is 51.4 Å². The second-order valence-corrected chi connectivity index (χ2v) is 5.76. The lowest BCUT2D eigenvalue weighted by Gasteiger charge is -2.37. The van der Waals surface area contributed by atoms with E-state index >= 15 is 0 Å². The Bertz CT molecular complexity index is 233. The van der Waals surface area contributed by atoms with Crippen molar-refractivity contribution >= 4 is 0 Å². The van der Waals surface area contributed by atoms with Crippen LogP contribution in [0.15, 0.2) is 0 Å². The molecule has 2 rings (SSSR count). The van der Waals surface area contributed by atoms with E-state index < -0.39 is 0 Å². The topological polar surface area (TPSA) is 30.5 Å². The standard InChI is InChI=1S/C15H29NO2/c1-3-18-15(10-4-5-11-15)14(16-2)9-8-13-7-6-12-17-13/h13-14,16H,3-12H2,1-2H3. The number of rotatable bonds is 7. The van der Waals surface area contributed by atoms with E-state index in [1.54, 1.807) is 0 Å². The van der Waals surface area contributed by atoms with Gasteiger partial charge in [0.15, 0.2) is 0 Å². The molecule has 1 saturated carbocycles. The van der Waals surface area contributed by atoms with Crippen LogP contribution in [0.4, 0.5) is 0 Å². The van der Waals surface area contributed by atoms with Crippen molar-refractivity contribution in [2.45, 2.75) is 76.0 Å². The van der Waals surface area contributed by atoms with E-state index in [0.717, 1.165) is 13.2 Å². The number of likely N-dealkylation sites (N-methyl/N-ethyl adjacent to an activating group) is 1. The van der Waals surface area contributed by atoms with Crippen LogP contribution in [0.5, 0.6) is 0 Å². The van der Waals surface area contributed by atoms with Gasteiger partial charge >= 0.3 is 0 Å². The molecule has 0 spiro atoms. The Labute approximate surface area is 112 Å². The van der Waals surface area contributed by atoms with E-state index in [1.807, 2.05) is 0 Å². The molecule has 0 aromatic carbocycles. The Balaban J connectivity index is 1.88. The summed E-state index contributed by atoms with van der Waals surface area (Å²) < 4.78 is 11.9. The van der Waals surface area contributed by atoms with Crippen LogP contribution in [-0.4, -0.2) is 38.0 Å². The minimum absolute atomic E-state index is 0.0993. The number of hydrogen-bond donors (Lipinski definition) is 1. The van der Waals surface area contributed by atoms with Crippen LogP contribution in [0.3, 0.4) is 0 Å². The molecular formula is C15H29NO2. The Kier molecular flexibility index (Phi) is 5.46. The van der Waals surface area contributed by atoms with E-state index in [2.05, 4.69) is 19.3 Å². The van der Waals surface area contributed by atoms with Crippen molar-refractivity contribution in [2.75, 3.05) is 20.3 Å². The van der Waals surface area contributed by atoms with Gasteiger partial charge in [0.1, 0.15) is 0 Å². The summed E-state index contributed by atoms with van der Waals surface area (Å²) in [5.74, 6) is 0. The molecule has 1 aliphatic carbocycles. The fourth-order valence-corrected chi connectivity index (χ4v) is 3.75. The Hall–Kier alpha value is -0.120. The predicted octanol–water partition coefficient (Wildman–Crippen LogP) is 2.88. The highest BCUT2D eigenvalue weighted by Crippen LogP contribution is 2.38. The number of hydrogen-bond acceptors (Lipinski definition) is 3. The first-order valence-electron chi connectivity index (χ1n) is 7.73. The van der Waals surface area contributed by atoms with Crippen LogP contribution < -0.4 is 5.32 Å². The molecule has 1 aliphatic heterocycles. The highest BCUT2D eigenvalue weighted by molar-refractivity contribution is 4.97. The minimum Gasteiger partial charge on any atom is -0.378 e. The summed E-state index contributed by atoms with van der Waals surface area (Å²) >= 11 is 0.